The number of rotatable bonds is 6. The minimum atomic E-state index is -0.504. The van der Waals surface area contributed by atoms with E-state index in [9.17, 15) is 9.59 Å². The van der Waals surface area contributed by atoms with E-state index in [-0.39, 0.29) is 42.6 Å². The zero-order valence-electron chi connectivity index (χ0n) is 17.7. The van der Waals surface area contributed by atoms with Gasteiger partial charge in [0.05, 0.1) is 6.42 Å². The van der Waals surface area contributed by atoms with E-state index in [1.54, 1.807) is 0 Å². The lowest BCUT2D eigenvalue weighted by Crippen LogP contribution is -2.55. The molecular formula is C24H32ClN3O2. The molecule has 5 nitrogen and oxygen atoms in total. The van der Waals surface area contributed by atoms with E-state index in [0.717, 1.165) is 29.2 Å². The number of halogens is 1. The molecule has 3 atom stereocenters. The Morgan fingerprint density at radius 2 is 1.70 bits per heavy atom. The molecule has 3 unspecified atom stereocenters. The number of amides is 2. The first-order chi connectivity index (χ1) is 14.0. The van der Waals surface area contributed by atoms with Gasteiger partial charge in [-0.05, 0) is 47.9 Å². The molecule has 2 aliphatic heterocycles. The van der Waals surface area contributed by atoms with E-state index in [1.807, 2.05) is 50.2 Å². The summed E-state index contributed by atoms with van der Waals surface area (Å²) in [7, 11) is 0. The van der Waals surface area contributed by atoms with E-state index < -0.39 is 6.04 Å². The van der Waals surface area contributed by atoms with Crippen molar-refractivity contribution in [3.63, 3.8) is 0 Å². The summed E-state index contributed by atoms with van der Waals surface area (Å²) in [5.41, 5.74) is 0.957. The largest absolute Gasteiger partial charge is 0.351 e. The fourth-order valence-corrected chi connectivity index (χ4v) is 4.76. The van der Waals surface area contributed by atoms with E-state index in [2.05, 4.69) is 22.0 Å². The quantitative estimate of drug-likeness (QED) is 0.659. The van der Waals surface area contributed by atoms with Crippen LogP contribution in [-0.2, 0) is 16.0 Å². The van der Waals surface area contributed by atoms with Crippen LogP contribution in [-0.4, -0.2) is 36.0 Å². The van der Waals surface area contributed by atoms with E-state index >= 15 is 0 Å². The monoisotopic (exact) mass is 429 g/mol. The second kappa shape index (κ2) is 9.80. The highest BCUT2D eigenvalue weighted by Gasteiger charge is 2.35. The zero-order valence-corrected chi connectivity index (χ0v) is 18.5. The number of fused-ring (bicyclic) bond motifs is 3. The van der Waals surface area contributed by atoms with Crippen molar-refractivity contribution in [2.45, 2.75) is 70.1 Å². The summed E-state index contributed by atoms with van der Waals surface area (Å²) in [5.74, 6) is -0.133. The van der Waals surface area contributed by atoms with Gasteiger partial charge in [-0.25, -0.2) is 0 Å². The van der Waals surface area contributed by atoms with Crippen LogP contribution in [0.4, 0.5) is 0 Å². The Bertz CT molecular complexity index is 889. The average Bonchev–Trinajstić information content (AvgIpc) is 3.04. The molecule has 2 fully saturated rings. The molecule has 6 heteroatoms. The lowest BCUT2D eigenvalue weighted by Gasteiger charge is -2.31. The van der Waals surface area contributed by atoms with Gasteiger partial charge in [0.2, 0.25) is 11.8 Å². The van der Waals surface area contributed by atoms with E-state index in [4.69, 9.17) is 0 Å². The Labute approximate surface area is 184 Å². The average molecular weight is 430 g/mol. The van der Waals surface area contributed by atoms with Crippen LogP contribution >= 0.6 is 12.4 Å². The Hall–Kier alpha value is -2.11. The summed E-state index contributed by atoms with van der Waals surface area (Å²) >= 11 is 0. The van der Waals surface area contributed by atoms with Gasteiger partial charge in [-0.1, -0.05) is 56.3 Å². The molecule has 30 heavy (non-hydrogen) atoms. The number of hydrogen-bond acceptors (Lipinski definition) is 3. The van der Waals surface area contributed by atoms with Crippen molar-refractivity contribution in [2.75, 3.05) is 0 Å². The Morgan fingerprint density at radius 3 is 2.37 bits per heavy atom. The Balaban J connectivity index is 0.00000256. The highest BCUT2D eigenvalue weighted by atomic mass is 35.5. The predicted octanol–water partition coefficient (Wildman–Crippen LogP) is 3.34. The molecule has 0 aromatic heterocycles. The number of nitrogens with one attached hydrogen (secondary N) is 3. The normalized spacial score (nSPS) is 23.6. The molecule has 0 saturated carbocycles. The third-order valence-corrected chi connectivity index (χ3v) is 6.26. The van der Waals surface area contributed by atoms with E-state index in [1.165, 1.54) is 12.8 Å². The van der Waals surface area contributed by atoms with Gasteiger partial charge in [-0.15, -0.1) is 12.4 Å². The Morgan fingerprint density at radius 1 is 1.03 bits per heavy atom. The first-order valence-corrected chi connectivity index (χ1v) is 10.8. The summed E-state index contributed by atoms with van der Waals surface area (Å²) in [6.07, 6.45) is 4.65. The van der Waals surface area contributed by atoms with Crippen molar-refractivity contribution in [3.8, 4) is 0 Å². The summed E-state index contributed by atoms with van der Waals surface area (Å²) in [4.78, 5) is 25.6. The van der Waals surface area contributed by atoms with Crippen LogP contribution < -0.4 is 16.0 Å². The van der Waals surface area contributed by atoms with Gasteiger partial charge in [0, 0.05) is 18.1 Å². The second-order valence-corrected chi connectivity index (χ2v) is 8.96. The van der Waals surface area contributed by atoms with Crippen LogP contribution in [0.25, 0.3) is 10.8 Å². The lowest BCUT2D eigenvalue weighted by atomic mass is 9.97. The smallest absolute Gasteiger partial charge is 0.243 e. The van der Waals surface area contributed by atoms with Crippen molar-refractivity contribution in [2.24, 2.45) is 5.92 Å². The molecule has 4 rings (SSSR count). The molecule has 2 saturated heterocycles. The highest BCUT2D eigenvalue weighted by molar-refractivity contribution is 5.90. The summed E-state index contributed by atoms with van der Waals surface area (Å²) in [6, 6.07) is 14.9. The van der Waals surface area contributed by atoms with Crippen molar-refractivity contribution in [1.82, 2.24) is 16.0 Å². The number of carbonyl (C=O) groups is 2. The molecular weight excluding hydrogens is 398 g/mol. The zero-order chi connectivity index (χ0) is 20.4. The summed E-state index contributed by atoms with van der Waals surface area (Å²) in [6.45, 7) is 3.96. The number of piperidine rings is 1. The van der Waals surface area contributed by atoms with Crippen LogP contribution in [0.3, 0.4) is 0 Å². The highest BCUT2D eigenvalue weighted by Crippen LogP contribution is 2.27. The standard InChI is InChI=1S/C24H31N3O2.ClH/c1-15(2)23(24(29)26-21-13-19-9-10-20(14-21)25-19)27-22(28)12-16-7-8-17-5-3-4-6-18(17)11-16;/h3-8,11,15,19-21,23,25H,9-10,12-14H2,1-2H3,(H,26,29)(H,27,28);1H. The fourth-order valence-electron chi connectivity index (χ4n) is 4.76. The van der Waals surface area contributed by atoms with Gasteiger partial charge in [-0.3, -0.25) is 9.59 Å². The number of carbonyl (C=O) groups excluding carboxylic acids is 2. The topological polar surface area (TPSA) is 70.2 Å². The van der Waals surface area contributed by atoms with Gasteiger partial charge < -0.3 is 16.0 Å². The first kappa shape index (κ1) is 22.6. The maximum Gasteiger partial charge on any atom is 0.243 e. The molecule has 2 aliphatic rings. The van der Waals surface area contributed by atoms with Gasteiger partial charge in [-0.2, -0.15) is 0 Å². The lowest BCUT2D eigenvalue weighted by molar-refractivity contribution is -0.130. The van der Waals surface area contributed by atoms with Crippen molar-refractivity contribution >= 4 is 35.0 Å². The molecule has 2 heterocycles. The molecule has 2 aromatic carbocycles. The predicted molar refractivity (Wildman–Crippen MR) is 123 cm³/mol. The molecule has 3 N–H and O–H groups in total. The van der Waals surface area contributed by atoms with Gasteiger partial charge in [0.25, 0.3) is 0 Å². The minimum absolute atomic E-state index is 0. The summed E-state index contributed by atoms with van der Waals surface area (Å²) in [5, 5.41) is 12.1. The van der Waals surface area contributed by atoms with Crippen LogP contribution in [0.5, 0.6) is 0 Å². The van der Waals surface area contributed by atoms with Crippen molar-refractivity contribution in [1.29, 1.82) is 0 Å². The van der Waals surface area contributed by atoms with Crippen LogP contribution in [0.1, 0.15) is 45.1 Å². The van der Waals surface area contributed by atoms with Crippen LogP contribution in [0.2, 0.25) is 0 Å². The third-order valence-electron chi connectivity index (χ3n) is 6.26. The second-order valence-electron chi connectivity index (χ2n) is 8.96. The summed E-state index contributed by atoms with van der Waals surface area (Å²) < 4.78 is 0. The van der Waals surface area contributed by atoms with Crippen molar-refractivity contribution in [3.05, 3.63) is 48.0 Å². The van der Waals surface area contributed by atoms with Crippen LogP contribution in [0, 0.1) is 5.92 Å². The molecule has 0 radical (unpaired) electrons. The first-order valence-electron chi connectivity index (χ1n) is 10.8. The van der Waals surface area contributed by atoms with E-state index in [0.29, 0.717) is 12.1 Å². The third kappa shape index (κ3) is 5.32. The maximum absolute atomic E-state index is 12.9. The fraction of sp³-hybridized carbons (Fsp3) is 0.500. The SMILES string of the molecule is CC(C)C(NC(=O)Cc1ccc2ccccc2c1)C(=O)NC1CC2CCC(C1)N2.Cl. The maximum atomic E-state index is 12.9. The van der Waals surface area contributed by atoms with Gasteiger partial charge in [0.1, 0.15) is 6.04 Å². The van der Waals surface area contributed by atoms with Crippen molar-refractivity contribution < 1.29 is 9.59 Å². The Kier molecular flexibility index (Phi) is 7.37. The number of benzene rings is 2. The number of hydrogen-bond donors (Lipinski definition) is 3. The minimum Gasteiger partial charge on any atom is -0.351 e. The molecule has 162 valence electrons. The molecule has 2 amide bonds. The van der Waals surface area contributed by atoms with Gasteiger partial charge in [0.15, 0.2) is 0 Å². The van der Waals surface area contributed by atoms with Crippen LogP contribution in [0.15, 0.2) is 42.5 Å². The molecule has 2 aromatic rings. The molecule has 0 aliphatic carbocycles. The molecule has 2 bridgehead atoms. The molecule has 0 spiro atoms. The van der Waals surface area contributed by atoms with Gasteiger partial charge >= 0.3 is 0 Å².